The maximum absolute atomic E-state index is 13.2. The largest absolute Gasteiger partial charge is 0.481 e. The summed E-state index contributed by atoms with van der Waals surface area (Å²) in [5.41, 5.74) is 0.887. The van der Waals surface area contributed by atoms with Gasteiger partial charge in [0.1, 0.15) is 6.04 Å². The molecule has 0 bridgehead atoms. The number of carbonyl (C=O) groups excluding carboxylic acids is 4. The lowest BCUT2D eigenvalue weighted by atomic mass is 10.0. The van der Waals surface area contributed by atoms with E-state index in [0.717, 1.165) is 4.90 Å². The van der Waals surface area contributed by atoms with E-state index in [-0.39, 0.29) is 37.0 Å². The second-order valence-electron chi connectivity index (χ2n) is 16.2. The Labute approximate surface area is 445 Å². The Morgan fingerprint density at radius 3 is 1.05 bits per heavy atom. The molecule has 4 amide bonds. The standard InChI is InChI=1S/C50H83N3O23/c54-45-5-4-44(48(57)52-45)53-49(58)42-2-1-3-43(47(42)50(53)59)51-7-9-61-11-13-63-15-17-65-19-21-67-23-25-69-27-29-71-31-33-73-35-37-75-39-41-76-40-38-74-36-34-72-32-30-70-28-26-68-24-22-66-20-18-64-16-14-62-12-10-60-8-6-46(55)56/h1-3,44,51H,4-41H2,(H,55,56)(H,52,54,57). The molecule has 3 N–H and O–H groups in total. The lowest BCUT2D eigenvalue weighted by Crippen LogP contribution is -2.54. The van der Waals surface area contributed by atoms with Gasteiger partial charge in [0.2, 0.25) is 11.8 Å². The smallest absolute Gasteiger partial charge is 0.305 e. The summed E-state index contributed by atoms with van der Waals surface area (Å²) in [5, 5.41) is 13.8. The maximum Gasteiger partial charge on any atom is 0.305 e. The van der Waals surface area contributed by atoms with Crippen LogP contribution in [0.25, 0.3) is 0 Å². The van der Waals surface area contributed by atoms with Crippen molar-refractivity contribution in [3.05, 3.63) is 29.3 Å². The van der Waals surface area contributed by atoms with E-state index >= 15 is 0 Å². The van der Waals surface area contributed by atoms with Crippen LogP contribution in [0.15, 0.2) is 18.2 Å². The summed E-state index contributed by atoms with van der Waals surface area (Å²) in [6, 6.07) is 3.88. The lowest BCUT2D eigenvalue weighted by Gasteiger charge is -2.27. The zero-order valence-corrected chi connectivity index (χ0v) is 44.1. The van der Waals surface area contributed by atoms with Crippen molar-refractivity contribution in [2.75, 3.05) is 236 Å². The first-order valence-electron chi connectivity index (χ1n) is 26.0. The van der Waals surface area contributed by atoms with Gasteiger partial charge in [-0.05, 0) is 18.6 Å². The van der Waals surface area contributed by atoms with Gasteiger partial charge in [0.05, 0.1) is 242 Å². The zero-order valence-electron chi connectivity index (χ0n) is 44.1. The quantitative estimate of drug-likeness (QED) is 0.0582. The summed E-state index contributed by atoms with van der Waals surface area (Å²) < 4.78 is 93.0. The van der Waals surface area contributed by atoms with Crippen LogP contribution in [0.2, 0.25) is 0 Å². The summed E-state index contributed by atoms with van der Waals surface area (Å²) in [6.07, 6.45) is 0.142. The second kappa shape index (κ2) is 47.1. The van der Waals surface area contributed by atoms with Crippen LogP contribution in [0.1, 0.15) is 40.0 Å². The SMILES string of the molecule is O=C(O)CCOCCOCCOCCOCCOCCOCCOCCOCCOCCOCCOCCOCCOCCOCCOCCOCCOCCNc1cccc2c1C(=O)N(C1CCC(=O)NC1=O)C2=O. The number of carboxylic acid groups (broad SMARTS) is 1. The minimum atomic E-state index is -1.02. The molecule has 1 unspecified atom stereocenters. The van der Waals surface area contributed by atoms with E-state index in [9.17, 15) is 24.0 Å². The Kier molecular flexibility index (Phi) is 41.2. The second-order valence-corrected chi connectivity index (χ2v) is 16.2. The third-order valence-electron chi connectivity index (χ3n) is 10.4. The van der Waals surface area contributed by atoms with Crippen LogP contribution in [0.4, 0.5) is 5.69 Å². The predicted octanol–water partition coefficient (Wildman–Crippen LogP) is 0.257. The van der Waals surface area contributed by atoms with Gasteiger partial charge in [-0.15, -0.1) is 0 Å². The number of carbonyl (C=O) groups is 5. The molecule has 436 valence electrons. The van der Waals surface area contributed by atoms with Crippen molar-refractivity contribution in [1.29, 1.82) is 0 Å². The number of hydrogen-bond acceptors (Lipinski definition) is 23. The molecule has 76 heavy (non-hydrogen) atoms. The van der Waals surface area contributed by atoms with Crippen LogP contribution in [0.3, 0.4) is 0 Å². The molecule has 2 aliphatic heterocycles. The van der Waals surface area contributed by atoms with Crippen molar-refractivity contribution in [2.24, 2.45) is 0 Å². The summed E-state index contributed by atoms with van der Waals surface area (Å²) in [5.74, 6) is -3.08. The van der Waals surface area contributed by atoms with Gasteiger partial charge in [-0.1, -0.05) is 6.07 Å². The summed E-state index contributed by atoms with van der Waals surface area (Å²) >= 11 is 0. The van der Waals surface area contributed by atoms with Crippen LogP contribution in [0, 0.1) is 0 Å². The van der Waals surface area contributed by atoms with Gasteiger partial charge in [0.15, 0.2) is 0 Å². The Hall–Kier alpha value is -3.91. The first-order chi connectivity index (χ1) is 37.4. The number of nitrogens with one attached hydrogen (secondary N) is 2. The molecule has 0 saturated carbocycles. The van der Waals surface area contributed by atoms with E-state index in [2.05, 4.69) is 10.6 Å². The number of imide groups is 2. The van der Waals surface area contributed by atoms with Crippen LogP contribution >= 0.6 is 0 Å². The van der Waals surface area contributed by atoms with Crippen molar-refractivity contribution in [2.45, 2.75) is 25.3 Å². The summed E-state index contributed by atoms with van der Waals surface area (Å²) in [4.78, 5) is 61.4. The fraction of sp³-hybridized carbons (Fsp3) is 0.780. The topological polar surface area (TPSA) is 290 Å². The molecule has 26 nitrogen and oxygen atoms in total. The van der Waals surface area contributed by atoms with E-state index in [1.165, 1.54) is 0 Å². The van der Waals surface area contributed by atoms with E-state index in [0.29, 0.717) is 230 Å². The fourth-order valence-electron chi connectivity index (χ4n) is 6.70. The highest BCUT2D eigenvalue weighted by Crippen LogP contribution is 2.32. The average Bonchev–Trinajstić information content (AvgIpc) is 3.66. The molecule has 2 aliphatic rings. The van der Waals surface area contributed by atoms with Crippen molar-refractivity contribution in [3.8, 4) is 0 Å². The van der Waals surface area contributed by atoms with E-state index in [4.69, 9.17) is 85.6 Å². The first-order valence-corrected chi connectivity index (χ1v) is 26.0. The zero-order chi connectivity index (χ0) is 54.2. The molecule has 1 atom stereocenters. The number of fused-ring (bicyclic) bond motifs is 1. The highest BCUT2D eigenvalue weighted by molar-refractivity contribution is 6.25. The monoisotopic (exact) mass is 1090 g/mol. The molecule has 1 aromatic carbocycles. The van der Waals surface area contributed by atoms with E-state index in [1.54, 1.807) is 18.2 Å². The number of piperidine rings is 1. The van der Waals surface area contributed by atoms with Crippen LogP contribution < -0.4 is 10.6 Å². The van der Waals surface area contributed by atoms with Gasteiger partial charge >= 0.3 is 5.97 Å². The molecule has 1 saturated heterocycles. The third-order valence-corrected chi connectivity index (χ3v) is 10.4. The highest BCUT2D eigenvalue weighted by Gasteiger charge is 2.45. The number of anilines is 1. The first kappa shape index (κ1) is 66.4. The number of nitrogens with zero attached hydrogens (tertiary/aromatic N) is 1. The van der Waals surface area contributed by atoms with Crippen molar-refractivity contribution >= 4 is 35.3 Å². The van der Waals surface area contributed by atoms with Crippen LogP contribution in [-0.2, 0) is 94.9 Å². The van der Waals surface area contributed by atoms with Gasteiger partial charge in [-0.2, -0.15) is 0 Å². The maximum atomic E-state index is 13.2. The average molecular weight is 1090 g/mol. The molecule has 1 fully saturated rings. The Morgan fingerprint density at radius 1 is 0.447 bits per heavy atom. The predicted molar refractivity (Wildman–Crippen MR) is 268 cm³/mol. The minimum Gasteiger partial charge on any atom is -0.481 e. The molecular weight excluding hydrogens is 1010 g/mol. The van der Waals surface area contributed by atoms with Crippen LogP contribution in [-0.4, -0.2) is 277 Å². The number of rotatable bonds is 56. The molecule has 26 heteroatoms. The van der Waals surface area contributed by atoms with Gasteiger partial charge in [0.25, 0.3) is 11.8 Å². The molecule has 0 spiro atoms. The van der Waals surface area contributed by atoms with Gasteiger partial charge < -0.3 is 90.9 Å². The number of ether oxygens (including phenoxy) is 17. The molecule has 0 aromatic heterocycles. The van der Waals surface area contributed by atoms with Gasteiger partial charge in [0, 0.05) is 18.7 Å². The minimum absolute atomic E-state index is 0.0132. The highest BCUT2D eigenvalue weighted by atomic mass is 16.6. The molecule has 2 heterocycles. The number of amides is 4. The molecular formula is C50H83N3O23. The Bertz CT molecular complexity index is 1670. The summed E-state index contributed by atoms with van der Waals surface area (Å²) in [7, 11) is 0. The fourth-order valence-corrected chi connectivity index (χ4v) is 6.70. The van der Waals surface area contributed by atoms with Crippen LogP contribution in [0.5, 0.6) is 0 Å². The van der Waals surface area contributed by atoms with Gasteiger partial charge in [-0.3, -0.25) is 34.2 Å². The van der Waals surface area contributed by atoms with Gasteiger partial charge in [-0.25, -0.2) is 0 Å². The number of aliphatic carboxylic acids is 1. The Balaban J connectivity index is 0.907. The van der Waals surface area contributed by atoms with Crippen molar-refractivity contribution in [3.63, 3.8) is 0 Å². The van der Waals surface area contributed by atoms with Crippen molar-refractivity contribution in [1.82, 2.24) is 10.2 Å². The van der Waals surface area contributed by atoms with E-state index in [1.807, 2.05) is 0 Å². The normalized spacial score (nSPS) is 14.5. The summed E-state index contributed by atoms with van der Waals surface area (Å²) in [6.45, 7) is 15.1. The lowest BCUT2D eigenvalue weighted by molar-refractivity contribution is -0.138. The number of carboxylic acids is 1. The molecule has 1 aromatic rings. The van der Waals surface area contributed by atoms with E-state index < -0.39 is 35.6 Å². The molecule has 3 rings (SSSR count). The number of benzene rings is 1. The molecule has 0 radical (unpaired) electrons. The molecule has 0 aliphatic carbocycles. The third kappa shape index (κ3) is 33.4. The Morgan fingerprint density at radius 2 is 0.750 bits per heavy atom. The van der Waals surface area contributed by atoms with Crippen molar-refractivity contribution < 1.29 is 110 Å². The number of hydrogen-bond donors (Lipinski definition) is 3.